The van der Waals surface area contributed by atoms with E-state index in [-0.39, 0.29) is 5.91 Å². The minimum Gasteiger partial charge on any atom is -0.355 e. The van der Waals surface area contributed by atoms with Gasteiger partial charge in [-0.25, -0.2) is 4.98 Å². The number of carbonyl (C=O) groups is 1. The molecule has 2 saturated heterocycles. The number of rotatable bonds is 2. The number of amides is 1. The van der Waals surface area contributed by atoms with Crippen molar-refractivity contribution in [1.82, 2.24) is 24.6 Å². The summed E-state index contributed by atoms with van der Waals surface area (Å²) in [7, 11) is 1.83. The van der Waals surface area contributed by atoms with Crippen LogP contribution in [-0.2, 0) is 7.05 Å². The van der Waals surface area contributed by atoms with Gasteiger partial charge >= 0.3 is 0 Å². The summed E-state index contributed by atoms with van der Waals surface area (Å²) in [5.74, 6) is 2.06. The zero-order valence-electron chi connectivity index (χ0n) is 13.2. The predicted molar refractivity (Wildman–Crippen MR) is 85.0 cm³/mol. The van der Waals surface area contributed by atoms with Gasteiger partial charge in [-0.2, -0.15) is 5.10 Å². The van der Waals surface area contributed by atoms with Gasteiger partial charge in [0.1, 0.15) is 11.5 Å². The number of fused-ring (bicyclic) bond motifs is 1. The molecule has 7 heteroatoms. The van der Waals surface area contributed by atoms with E-state index in [1.165, 1.54) is 0 Å². The van der Waals surface area contributed by atoms with E-state index in [2.05, 4.69) is 20.0 Å². The van der Waals surface area contributed by atoms with E-state index < -0.39 is 0 Å². The lowest BCUT2D eigenvalue weighted by atomic mass is 9.89. The van der Waals surface area contributed by atoms with Crippen LogP contribution in [0.3, 0.4) is 0 Å². The van der Waals surface area contributed by atoms with Crippen LogP contribution in [0.2, 0.25) is 0 Å². The Kier molecular flexibility index (Phi) is 3.48. The normalized spacial score (nSPS) is 23.9. The molecule has 2 aromatic heterocycles. The van der Waals surface area contributed by atoms with E-state index in [0.717, 1.165) is 38.4 Å². The van der Waals surface area contributed by atoms with Crippen molar-refractivity contribution in [3.05, 3.63) is 36.5 Å². The highest BCUT2D eigenvalue weighted by molar-refractivity contribution is 5.92. The molecular weight excluding hydrogens is 292 g/mol. The fraction of sp³-hybridized carbons (Fsp3) is 0.500. The summed E-state index contributed by atoms with van der Waals surface area (Å²) in [5, 5.41) is 4.23. The highest BCUT2D eigenvalue weighted by Gasteiger charge is 2.39. The van der Waals surface area contributed by atoms with Crippen LogP contribution < -0.4 is 4.90 Å². The molecule has 0 spiro atoms. The molecule has 0 radical (unpaired) electrons. The Morgan fingerprint density at radius 2 is 2.09 bits per heavy atom. The highest BCUT2D eigenvalue weighted by Crippen LogP contribution is 2.33. The van der Waals surface area contributed by atoms with Gasteiger partial charge in [0.15, 0.2) is 0 Å². The van der Waals surface area contributed by atoms with E-state index in [0.29, 0.717) is 17.5 Å². The zero-order valence-corrected chi connectivity index (χ0v) is 13.2. The number of carbonyl (C=O) groups excluding carboxylic acids is 1. The monoisotopic (exact) mass is 312 g/mol. The Balaban J connectivity index is 1.44. The number of hydrogen-bond donors (Lipinski definition) is 0. The molecule has 2 fully saturated rings. The predicted octanol–water partition coefficient (Wildman–Crippen LogP) is 0.809. The Bertz CT molecular complexity index is 700. The molecule has 0 saturated carbocycles. The maximum atomic E-state index is 12.6. The van der Waals surface area contributed by atoms with Crippen LogP contribution in [0.15, 0.2) is 30.9 Å². The molecule has 7 nitrogen and oxygen atoms in total. The lowest BCUT2D eigenvalue weighted by Gasteiger charge is -2.34. The van der Waals surface area contributed by atoms with Crippen molar-refractivity contribution < 1.29 is 4.79 Å². The minimum atomic E-state index is 0.0473. The molecule has 0 unspecified atom stereocenters. The molecule has 120 valence electrons. The van der Waals surface area contributed by atoms with E-state index in [4.69, 9.17) is 0 Å². The summed E-state index contributed by atoms with van der Waals surface area (Å²) in [4.78, 5) is 25.3. The van der Waals surface area contributed by atoms with Crippen LogP contribution in [0.4, 0.5) is 5.82 Å². The van der Waals surface area contributed by atoms with Crippen LogP contribution in [0.5, 0.6) is 0 Å². The smallest absolute Gasteiger partial charge is 0.274 e. The van der Waals surface area contributed by atoms with Crippen molar-refractivity contribution in [1.29, 1.82) is 0 Å². The molecule has 0 bridgehead atoms. The van der Waals surface area contributed by atoms with Gasteiger partial charge in [0.05, 0.1) is 6.20 Å². The third kappa shape index (κ3) is 2.67. The van der Waals surface area contributed by atoms with Crippen molar-refractivity contribution >= 4 is 11.7 Å². The SMILES string of the molecule is Cn1ccc(C(=O)N2C[C@H]3CCN(c4cnccn4)C[C@H]3C2)n1. The minimum absolute atomic E-state index is 0.0473. The summed E-state index contributed by atoms with van der Waals surface area (Å²) in [6.07, 6.45) is 8.14. The van der Waals surface area contributed by atoms with Gasteiger partial charge in [0.25, 0.3) is 5.91 Å². The number of piperidine rings is 1. The fourth-order valence-corrected chi connectivity index (χ4v) is 3.69. The molecule has 1 amide bonds. The second-order valence-electron chi connectivity index (χ2n) is 6.40. The molecule has 0 aromatic carbocycles. The molecule has 2 atom stereocenters. The number of likely N-dealkylation sites (tertiary alicyclic amines) is 1. The summed E-state index contributed by atoms with van der Waals surface area (Å²) in [6, 6.07) is 1.79. The number of hydrogen-bond acceptors (Lipinski definition) is 5. The van der Waals surface area contributed by atoms with E-state index in [1.54, 1.807) is 23.1 Å². The first kappa shape index (κ1) is 14.2. The molecule has 2 aliphatic rings. The van der Waals surface area contributed by atoms with Crippen LogP contribution >= 0.6 is 0 Å². The molecule has 2 aliphatic heterocycles. The summed E-state index contributed by atoms with van der Waals surface area (Å²) < 4.78 is 1.67. The highest BCUT2D eigenvalue weighted by atomic mass is 16.2. The van der Waals surface area contributed by atoms with Crippen molar-refractivity contribution in [2.45, 2.75) is 6.42 Å². The first-order chi connectivity index (χ1) is 11.2. The first-order valence-corrected chi connectivity index (χ1v) is 8.00. The molecule has 4 rings (SSSR count). The maximum absolute atomic E-state index is 12.6. The van der Waals surface area contributed by atoms with E-state index in [1.807, 2.05) is 24.3 Å². The Hall–Kier alpha value is -2.44. The van der Waals surface area contributed by atoms with Crippen LogP contribution in [0.1, 0.15) is 16.9 Å². The number of aromatic nitrogens is 4. The summed E-state index contributed by atoms with van der Waals surface area (Å²) >= 11 is 0. The Morgan fingerprint density at radius 1 is 1.22 bits per heavy atom. The van der Waals surface area contributed by atoms with Crippen molar-refractivity contribution in [2.75, 3.05) is 31.1 Å². The van der Waals surface area contributed by atoms with Crippen molar-refractivity contribution in [3.63, 3.8) is 0 Å². The number of anilines is 1. The molecule has 0 N–H and O–H groups in total. The lowest BCUT2D eigenvalue weighted by Crippen LogP contribution is -2.40. The van der Waals surface area contributed by atoms with E-state index >= 15 is 0 Å². The molecule has 2 aromatic rings. The average molecular weight is 312 g/mol. The van der Waals surface area contributed by atoms with Crippen molar-refractivity contribution in [3.8, 4) is 0 Å². The van der Waals surface area contributed by atoms with Gasteiger partial charge in [0.2, 0.25) is 0 Å². The second kappa shape index (κ2) is 5.64. The van der Waals surface area contributed by atoms with Crippen molar-refractivity contribution in [2.24, 2.45) is 18.9 Å². The quantitative estimate of drug-likeness (QED) is 0.821. The average Bonchev–Trinajstić information content (AvgIpc) is 3.20. The standard InChI is InChI=1S/C16H20N6O/c1-20-6-3-14(19-20)16(23)22-9-12-2-7-21(10-13(12)11-22)15-8-17-4-5-18-15/h3-6,8,12-13H,2,7,9-11H2,1H3/t12-,13+/m1/s1. The van der Waals surface area contributed by atoms with Gasteiger partial charge in [0, 0.05) is 51.8 Å². The van der Waals surface area contributed by atoms with Gasteiger partial charge in [-0.15, -0.1) is 0 Å². The van der Waals surface area contributed by atoms with E-state index in [9.17, 15) is 4.79 Å². The first-order valence-electron chi connectivity index (χ1n) is 8.00. The summed E-state index contributed by atoms with van der Waals surface area (Å²) in [6.45, 7) is 3.56. The van der Waals surface area contributed by atoms with Gasteiger partial charge in [-0.05, 0) is 24.3 Å². The van der Waals surface area contributed by atoms with Crippen LogP contribution in [-0.4, -0.2) is 56.7 Å². The third-order valence-electron chi connectivity index (χ3n) is 4.89. The molecular formula is C16H20N6O. The second-order valence-corrected chi connectivity index (χ2v) is 6.40. The van der Waals surface area contributed by atoms with Gasteiger partial charge < -0.3 is 9.80 Å². The van der Waals surface area contributed by atoms with Crippen LogP contribution in [0.25, 0.3) is 0 Å². The number of nitrogens with zero attached hydrogens (tertiary/aromatic N) is 6. The zero-order chi connectivity index (χ0) is 15.8. The molecule has 0 aliphatic carbocycles. The van der Waals surface area contributed by atoms with Crippen LogP contribution in [0, 0.1) is 11.8 Å². The van der Waals surface area contributed by atoms with Gasteiger partial charge in [-0.1, -0.05) is 0 Å². The Labute approximate surface area is 134 Å². The largest absolute Gasteiger partial charge is 0.355 e. The number of aryl methyl sites for hydroxylation is 1. The third-order valence-corrected chi connectivity index (χ3v) is 4.89. The maximum Gasteiger partial charge on any atom is 0.274 e. The molecule has 23 heavy (non-hydrogen) atoms. The van der Waals surface area contributed by atoms with Gasteiger partial charge in [-0.3, -0.25) is 14.5 Å². The molecule has 4 heterocycles. The summed E-state index contributed by atoms with van der Waals surface area (Å²) in [5.41, 5.74) is 0.539. The fourth-order valence-electron chi connectivity index (χ4n) is 3.69. The lowest BCUT2D eigenvalue weighted by molar-refractivity contribution is 0.0778. The topological polar surface area (TPSA) is 67.2 Å². The Morgan fingerprint density at radius 3 is 2.83 bits per heavy atom.